The van der Waals surface area contributed by atoms with Crippen molar-refractivity contribution < 1.29 is 13.6 Å². The quantitative estimate of drug-likeness (QED) is 0.424. The molecule has 0 bridgehead atoms. The molecule has 1 saturated carbocycles. The maximum Gasteiger partial charge on any atom is 0.226 e. The van der Waals surface area contributed by atoms with Crippen molar-refractivity contribution >= 4 is 5.91 Å². The average molecular weight is 547 g/mol. The lowest BCUT2D eigenvalue weighted by atomic mass is 9.78. The third kappa shape index (κ3) is 7.39. The number of likely N-dealkylation sites (tertiary alicyclic amines) is 1. The van der Waals surface area contributed by atoms with E-state index in [2.05, 4.69) is 49.3 Å². The Labute approximate surface area is 235 Å². The highest BCUT2D eigenvalue weighted by atomic mass is 19.1. The molecule has 1 aliphatic carbocycles. The molecule has 0 N–H and O–H groups in total. The van der Waals surface area contributed by atoms with Crippen LogP contribution in [0.1, 0.15) is 84.6 Å². The summed E-state index contributed by atoms with van der Waals surface area (Å²) >= 11 is 0. The molecule has 3 fully saturated rings. The third-order valence-corrected chi connectivity index (χ3v) is 9.87. The topological polar surface area (TPSA) is 30.0 Å². The summed E-state index contributed by atoms with van der Waals surface area (Å²) in [5.74, 6) is -0.771. The molecule has 3 aliphatic rings. The molecule has 2 saturated heterocycles. The first kappa shape index (κ1) is 30.4. The fraction of sp³-hybridized carbons (Fsp3) is 0.781. The summed E-state index contributed by atoms with van der Waals surface area (Å²) in [4.78, 5) is 23.6. The summed E-state index contributed by atoms with van der Waals surface area (Å²) in [6.07, 6.45) is 7.38. The van der Waals surface area contributed by atoms with Gasteiger partial charge in [0.2, 0.25) is 5.91 Å². The molecule has 5 nitrogen and oxygen atoms in total. The van der Waals surface area contributed by atoms with Gasteiger partial charge >= 0.3 is 0 Å². The molecule has 0 spiro atoms. The van der Waals surface area contributed by atoms with E-state index in [9.17, 15) is 9.18 Å². The average Bonchev–Trinajstić information content (AvgIpc) is 2.93. The first-order chi connectivity index (χ1) is 18.6. The molecular formula is C32H52F2N4O. The Kier molecular flexibility index (Phi) is 10.4. The van der Waals surface area contributed by atoms with Crippen molar-refractivity contribution in [3.63, 3.8) is 0 Å². The van der Waals surface area contributed by atoms with Crippen LogP contribution in [0.2, 0.25) is 0 Å². The predicted molar refractivity (Wildman–Crippen MR) is 155 cm³/mol. The Hall–Kier alpha value is -1.57. The molecule has 1 aromatic carbocycles. The molecule has 39 heavy (non-hydrogen) atoms. The largest absolute Gasteiger partial charge is 0.340 e. The van der Waals surface area contributed by atoms with Gasteiger partial charge < -0.3 is 9.80 Å². The van der Waals surface area contributed by atoms with Gasteiger partial charge in [0.15, 0.2) is 0 Å². The Morgan fingerprint density at radius 1 is 0.974 bits per heavy atom. The molecule has 2 heterocycles. The lowest BCUT2D eigenvalue weighted by molar-refractivity contribution is -0.141. The Morgan fingerprint density at radius 3 is 2.23 bits per heavy atom. The van der Waals surface area contributed by atoms with Crippen molar-refractivity contribution in [3.05, 3.63) is 35.4 Å². The van der Waals surface area contributed by atoms with Crippen molar-refractivity contribution in [1.29, 1.82) is 0 Å². The highest BCUT2D eigenvalue weighted by molar-refractivity contribution is 5.80. The van der Waals surface area contributed by atoms with Crippen LogP contribution in [0, 0.1) is 23.5 Å². The minimum Gasteiger partial charge on any atom is -0.340 e. The first-order valence-electron chi connectivity index (χ1n) is 15.6. The Morgan fingerprint density at radius 2 is 1.64 bits per heavy atom. The number of benzene rings is 1. The number of amides is 1. The molecule has 0 radical (unpaired) electrons. The van der Waals surface area contributed by atoms with Gasteiger partial charge in [-0.3, -0.25) is 14.6 Å². The van der Waals surface area contributed by atoms with Gasteiger partial charge in [-0.25, -0.2) is 8.78 Å². The van der Waals surface area contributed by atoms with Crippen LogP contribution in [0.5, 0.6) is 0 Å². The summed E-state index contributed by atoms with van der Waals surface area (Å²) in [6.45, 7) is 19.0. The number of rotatable bonds is 8. The molecule has 0 aromatic heterocycles. The van der Waals surface area contributed by atoms with Crippen LogP contribution in [0.25, 0.3) is 0 Å². The second-order valence-corrected chi connectivity index (χ2v) is 13.1. The minimum absolute atomic E-state index is 0.0760. The normalized spacial score (nSPS) is 25.3. The fourth-order valence-corrected chi connectivity index (χ4v) is 7.31. The lowest BCUT2D eigenvalue weighted by Crippen LogP contribution is -2.58. The number of piperidine rings is 1. The number of carbonyl (C=O) groups excluding carboxylic acids is 1. The van der Waals surface area contributed by atoms with Crippen molar-refractivity contribution in [2.75, 3.05) is 58.9 Å². The Balaban J connectivity index is 1.47. The number of hydrogen-bond acceptors (Lipinski definition) is 4. The van der Waals surface area contributed by atoms with E-state index >= 15 is 4.39 Å². The van der Waals surface area contributed by atoms with Gasteiger partial charge in [0, 0.05) is 68.8 Å². The standard InChI is InChI=1S/C32H52F2N4O/c1-6-35(7-2)23-30(24-11-9-8-10-12-24)36-17-19-37(20-18-36)31(39)27-15-16-38(32(3,4)5)22-28(27)26-14-13-25(33)21-29(26)34/h13-14,21,24,27-28,30H,6-12,15-20,22-23H2,1-5H3/t27-,28+,30?/m1/s1. The van der Waals surface area contributed by atoms with Crippen molar-refractivity contribution in [2.45, 2.75) is 90.6 Å². The molecule has 220 valence electrons. The monoisotopic (exact) mass is 546 g/mol. The molecular weight excluding hydrogens is 494 g/mol. The molecule has 1 aromatic rings. The summed E-state index contributed by atoms with van der Waals surface area (Å²) in [6, 6.07) is 4.41. The molecule has 4 rings (SSSR count). The van der Waals surface area contributed by atoms with Crippen LogP contribution in [-0.2, 0) is 4.79 Å². The van der Waals surface area contributed by atoms with Gasteiger partial charge in [0.25, 0.3) is 0 Å². The van der Waals surface area contributed by atoms with E-state index in [1.165, 1.54) is 38.2 Å². The zero-order valence-corrected chi connectivity index (χ0v) is 25.1. The SMILES string of the molecule is CCN(CC)CC(C1CCCCC1)N1CCN(C(=O)[C@@H]2CCN(C(C)(C)C)C[C@H]2c2ccc(F)cc2F)CC1. The first-order valence-corrected chi connectivity index (χ1v) is 15.6. The summed E-state index contributed by atoms with van der Waals surface area (Å²) < 4.78 is 28.8. The van der Waals surface area contributed by atoms with Gasteiger partial charge in [-0.05, 0) is 77.2 Å². The number of carbonyl (C=O) groups is 1. The van der Waals surface area contributed by atoms with E-state index < -0.39 is 11.6 Å². The van der Waals surface area contributed by atoms with Crippen molar-refractivity contribution in [1.82, 2.24) is 19.6 Å². The third-order valence-electron chi connectivity index (χ3n) is 9.87. The number of likely N-dealkylation sites (N-methyl/N-ethyl adjacent to an activating group) is 1. The molecule has 1 amide bonds. The summed E-state index contributed by atoms with van der Waals surface area (Å²) in [5.41, 5.74) is 0.395. The van der Waals surface area contributed by atoms with Crippen LogP contribution in [0.3, 0.4) is 0 Å². The predicted octanol–water partition coefficient (Wildman–Crippen LogP) is 5.60. The summed E-state index contributed by atoms with van der Waals surface area (Å²) in [7, 11) is 0. The second-order valence-electron chi connectivity index (χ2n) is 13.1. The van der Waals surface area contributed by atoms with Gasteiger partial charge in [-0.1, -0.05) is 39.2 Å². The van der Waals surface area contributed by atoms with Crippen LogP contribution >= 0.6 is 0 Å². The highest BCUT2D eigenvalue weighted by Crippen LogP contribution is 2.38. The summed E-state index contributed by atoms with van der Waals surface area (Å²) in [5, 5.41) is 0. The number of piperazine rings is 1. The lowest BCUT2D eigenvalue weighted by Gasteiger charge is -2.48. The second kappa shape index (κ2) is 13.4. The highest BCUT2D eigenvalue weighted by Gasteiger charge is 2.42. The van der Waals surface area contributed by atoms with Gasteiger partial charge in [0.1, 0.15) is 11.6 Å². The van der Waals surface area contributed by atoms with Crippen LogP contribution in [0.15, 0.2) is 18.2 Å². The van der Waals surface area contributed by atoms with Gasteiger partial charge in [-0.2, -0.15) is 0 Å². The zero-order valence-electron chi connectivity index (χ0n) is 25.1. The van der Waals surface area contributed by atoms with Crippen LogP contribution in [0.4, 0.5) is 8.78 Å². The molecule has 1 unspecified atom stereocenters. The van der Waals surface area contributed by atoms with Crippen LogP contribution in [-0.4, -0.2) is 96.0 Å². The van der Waals surface area contributed by atoms with E-state index in [0.717, 1.165) is 64.3 Å². The van der Waals surface area contributed by atoms with E-state index in [1.807, 2.05) is 4.90 Å². The minimum atomic E-state index is -0.573. The van der Waals surface area contributed by atoms with Crippen molar-refractivity contribution in [2.24, 2.45) is 11.8 Å². The number of halogens is 2. The maximum atomic E-state index is 15.0. The zero-order chi connectivity index (χ0) is 28.2. The molecule has 3 atom stereocenters. The number of hydrogen-bond donors (Lipinski definition) is 0. The fourth-order valence-electron chi connectivity index (χ4n) is 7.31. The van der Waals surface area contributed by atoms with E-state index in [4.69, 9.17) is 0 Å². The number of nitrogens with zero attached hydrogens (tertiary/aromatic N) is 4. The maximum absolute atomic E-state index is 15.0. The van der Waals surface area contributed by atoms with Gasteiger partial charge in [-0.15, -0.1) is 0 Å². The van der Waals surface area contributed by atoms with E-state index in [-0.39, 0.29) is 23.3 Å². The van der Waals surface area contributed by atoms with E-state index in [0.29, 0.717) is 24.6 Å². The van der Waals surface area contributed by atoms with Gasteiger partial charge in [0.05, 0.1) is 0 Å². The Bertz CT molecular complexity index is 933. The molecule has 2 aliphatic heterocycles. The molecule has 7 heteroatoms. The van der Waals surface area contributed by atoms with E-state index in [1.54, 1.807) is 6.07 Å². The smallest absolute Gasteiger partial charge is 0.226 e. The van der Waals surface area contributed by atoms with Crippen LogP contribution < -0.4 is 0 Å². The van der Waals surface area contributed by atoms with Crippen molar-refractivity contribution in [3.8, 4) is 0 Å².